The van der Waals surface area contributed by atoms with Crippen LogP contribution in [0.5, 0.6) is 0 Å². The number of hydrogen-bond acceptors (Lipinski definition) is 0. The van der Waals surface area contributed by atoms with Crippen molar-refractivity contribution in [3.8, 4) is 0 Å². The van der Waals surface area contributed by atoms with Crippen molar-refractivity contribution in [2.75, 3.05) is 0 Å². The van der Waals surface area contributed by atoms with Gasteiger partial charge in [0.05, 0.1) is 0 Å². The minimum absolute atomic E-state index is 1.21. The largest absolute Gasteiger partial charge is 0.0654 e. The summed E-state index contributed by atoms with van der Waals surface area (Å²) in [4.78, 5) is 0. The van der Waals surface area contributed by atoms with Crippen LogP contribution in [0.4, 0.5) is 0 Å². The van der Waals surface area contributed by atoms with Crippen molar-refractivity contribution in [1.29, 1.82) is 0 Å². The molecule has 0 saturated carbocycles. The molecule has 2 aromatic rings. The highest BCUT2D eigenvalue weighted by atomic mass is 14.0. The lowest BCUT2D eigenvalue weighted by Gasteiger charge is -2.02. The van der Waals surface area contributed by atoms with E-state index < -0.39 is 0 Å². The SMILES string of the molecule is CCCCCCCc1ccc(/C=C/c2ccccc2)cc1. The molecule has 2 aromatic carbocycles. The molecule has 110 valence electrons. The Morgan fingerprint density at radius 3 is 1.95 bits per heavy atom. The van der Waals surface area contributed by atoms with Gasteiger partial charge in [0.2, 0.25) is 0 Å². The molecule has 0 saturated heterocycles. The first-order valence-electron chi connectivity index (χ1n) is 8.20. The van der Waals surface area contributed by atoms with Gasteiger partial charge in [-0.05, 0) is 29.5 Å². The first kappa shape index (κ1) is 15.6. The van der Waals surface area contributed by atoms with Crippen LogP contribution in [0, 0.1) is 0 Å². The lowest BCUT2D eigenvalue weighted by Crippen LogP contribution is -1.86. The Hall–Kier alpha value is -1.82. The average molecular weight is 278 g/mol. The van der Waals surface area contributed by atoms with E-state index in [1.54, 1.807) is 0 Å². The molecule has 0 heterocycles. The molecule has 0 aromatic heterocycles. The monoisotopic (exact) mass is 278 g/mol. The van der Waals surface area contributed by atoms with E-state index in [0.717, 1.165) is 0 Å². The fraction of sp³-hybridized carbons (Fsp3) is 0.333. The second kappa shape index (κ2) is 9.18. The van der Waals surface area contributed by atoms with Gasteiger partial charge in [-0.15, -0.1) is 0 Å². The van der Waals surface area contributed by atoms with E-state index in [9.17, 15) is 0 Å². The van der Waals surface area contributed by atoms with Crippen LogP contribution >= 0.6 is 0 Å². The Labute approximate surface area is 129 Å². The fourth-order valence-corrected chi connectivity index (χ4v) is 2.48. The number of aryl methyl sites for hydroxylation is 1. The molecule has 0 nitrogen and oxygen atoms in total. The predicted octanol–water partition coefficient (Wildman–Crippen LogP) is 6.37. The molecule has 2 rings (SSSR count). The van der Waals surface area contributed by atoms with Crippen molar-refractivity contribution in [3.63, 3.8) is 0 Å². The summed E-state index contributed by atoms with van der Waals surface area (Å²) in [5.74, 6) is 0. The second-order valence-corrected chi connectivity index (χ2v) is 5.65. The van der Waals surface area contributed by atoms with Crippen molar-refractivity contribution in [2.24, 2.45) is 0 Å². The van der Waals surface area contributed by atoms with Crippen LogP contribution in [-0.4, -0.2) is 0 Å². The highest BCUT2D eigenvalue weighted by molar-refractivity contribution is 5.69. The summed E-state index contributed by atoms with van der Waals surface area (Å²) in [5.41, 5.74) is 3.98. The van der Waals surface area contributed by atoms with E-state index in [2.05, 4.69) is 67.6 Å². The van der Waals surface area contributed by atoms with Crippen molar-refractivity contribution in [3.05, 3.63) is 71.3 Å². The van der Waals surface area contributed by atoms with Crippen LogP contribution in [0.3, 0.4) is 0 Å². The molecule has 0 aliphatic heterocycles. The second-order valence-electron chi connectivity index (χ2n) is 5.65. The number of rotatable bonds is 8. The molecule has 0 amide bonds. The Morgan fingerprint density at radius 1 is 0.667 bits per heavy atom. The summed E-state index contributed by atoms with van der Waals surface area (Å²) < 4.78 is 0. The van der Waals surface area contributed by atoms with Gasteiger partial charge in [-0.3, -0.25) is 0 Å². The third-order valence-corrected chi connectivity index (χ3v) is 3.82. The molecule has 0 N–H and O–H groups in total. The first-order valence-corrected chi connectivity index (χ1v) is 8.20. The zero-order valence-corrected chi connectivity index (χ0v) is 13.1. The molecule has 0 unspecified atom stereocenters. The van der Waals surface area contributed by atoms with Gasteiger partial charge in [0, 0.05) is 0 Å². The standard InChI is InChI=1S/C21H26/c1-2-3-4-5-7-12-20-14-17-21(18-15-20)16-13-19-10-8-6-9-11-19/h6,8-11,13-18H,2-5,7,12H2,1H3/b16-13+. The zero-order chi connectivity index (χ0) is 14.8. The summed E-state index contributed by atoms with van der Waals surface area (Å²) in [6.45, 7) is 2.27. The molecule has 0 heteroatoms. The van der Waals surface area contributed by atoms with Crippen LogP contribution in [0.2, 0.25) is 0 Å². The van der Waals surface area contributed by atoms with Gasteiger partial charge in [-0.2, -0.15) is 0 Å². The summed E-state index contributed by atoms with van der Waals surface area (Å²) in [6.07, 6.45) is 12.3. The van der Waals surface area contributed by atoms with Crippen LogP contribution in [0.25, 0.3) is 12.2 Å². The smallest absolute Gasteiger partial charge is 0.0256 e. The predicted molar refractivity (Wildman–Crippen MR) is 94.3 cm³/mol. The molecule has 0 radical (unpaired) electrons. The Balaban J connectivity index is 1.80. The van der Waals surface area contributed by atoms with E-state index >= 15 is 0 Å². The number of benzene rings is 2. The Bertz CT molecular complexity index is 520. The number of hydrogen-bond donors (Lipinski definition) is 0. The quantitative estimate of drug-likeness (QED) is 0.389. The molecule has 0 aliphatic rings. The lowest BCUT2D eigenvalue weighted by molar-refractivity contribution is 0.632. The zero-order valence-electron chi connectivity index (χ0n) is 13.1. The highest BCUT2D eigenvalue weighted by Crippen LogP contribution is 2.12. The maximum Gasteiger partial charge on any atom is -0.0256 e. The molecule has 0 spiro atoms. The van der Waals surface area contributed by atoms with Crippen molar-refractivity contribution < 1.29 is 0 Å². The van der Waals surface area contributed by atoms with Crippen LogP contribution in [-0.2, 0) is 6.42 Å². The minimum atomic E-state index is 1.21. The molecule has 21 heavy (non-hydrogen) atoms. The van der Waals surface area contributed by atoms with Gasteiger partial charge in [-0.1, -0.05) is 99.4 Å². The first-order chi connectivity index (χ1) is 10.4. The van der Waals surface area contributed by atoms with Gasteiger partial charge in [0.25, 0.3) is 0 Å². The van der Waals surface area contributed by atoms with E-state index in [1.807, 2.05) is 6.07 Å². The third kappa shape index (κ3) is 5.99. The van der Waals surface area contributed by atoms with Crippen LogP contribution < -0.4 is 0 Å². The van der Waals surface area contributed by atoms with Crippen LogP contribution in [0.15, 0.2) is 54.6 Å². The molecular weight excluding hydrogens is 252 g/mol. The van der Waals surface area contributed by atoms with Crippen molar-refractivity contribution >= 4 is 12.2 Å². The summed E-state index contributed by atoms with van der Waals surface area (Å²) in [6, 6.07) is 19.4. The van der Waals surface area contributed by atoms with Gasteiger partial charge in [0.15, 0.2) is 0 Å². The van der Waals surface area contributed by atoms with E-state index in [0.29, 0.717) is 0 Å². The topological polar surface area (TPSA) is 0 Å². The third-order valence-electron chi connectivity index (χ3n) is 3.82. The van der Waals surface area contributed by atoms with Crippen molar-refractivity contribution in [2.45, 2.75) is 45.4 Å². The molecule has 0 bridgehead atoms. The van der Waals surface area contributed by atoms with E-state index in [-0.39, 0.29) is 0 Å². The average Bonchev–Trinajstić information content (AvgIpc) is 2.55. The summed E-state index contributed by atoms with van der Waals surface area (Å²) >= 11 is 0. The van der Waals surface area contributed by atoms with Crippen molar-refractivity contribution in [1.82, 2.24) is 0 Å². The highest BCUT2D eigenvalue weighted by Gasteiger charge is 1.94. The van der Waals surface area contributed by atoms with Gasteiger partial charge in [-0.25, -0.2) is 0 Å². The van der Waals surface area contributed by atoms with Gasteiger partial charge < -0.3 is 0 Å². The fourth-order valence-electron chi connectivity index (χ4n) is 2.48. The van der Waals surface area contributed by atoms with Gasteiger partial charge >= 0.3 is 0 Å². The maximum absolute atomic E-state index is 2.27. The maximum atomic E-state index is 2.27. The number of unbranched alkanes of at least 4 members (excludes halogenated alkanes) is 4. The van der Waals surface area contributed by atoms with Crippen LogP contribution in [0.1, 0.15) is 55.7 Å². The summed E-state index contributed by atoms with van der Waals surface area (Å²) in [7, 11) is 0. The Kier molecular flexibility index (Phi) is 6.80. The molecular formula is C21H26. The van der Waals surface area contributed by atoms with E-state index in [1.165, 1.54) is 55.2 Å². The lowest BCUT2D eigenvalue weighted by atomic mass is 10.0. The Morgan fingerprint density at radius 2 is 1.29 bits per heavy atom. The van der Waals surface area contributed by atoms with Gasteiger partial charge in [0.1, 0.15) is 0 Å². The van der Waals surface area contributed by atoms with E-state index in [4.69, 9.17) is 0 Å². The minimum Gasteiger partial charge on any atom is -0.0654 e. The normalized spacial score (nSPS) is 11.1. The summed E-state index contributed by atoms with van der Waals surface area (Å²) in [5, 5.41) is 0. The molecule has 0 atom stereocenters. The molecule has 0 fully saturated rings. The molecule has 0 aliphatic carbocycles.